The Morgan fingerprint density at radius 1 is 0.769 bits per heavy atom. The molecule has 1 fully saturated rings. The maximum Gasteiger partial charge on any atom is 0.338 e. The Morgan fingerprint density at radius 2 is 1.28 bits per heavy atom. The van der Waals surface area contributed by atoms with E-state index in [0.717, 1.165) is 54.7 Å². The predicted octanol–water partition coefficient (Wildman–Crippen LogP) is 5.79. The van der Waals surface area contributed by atoms with Gasteiger partial charge in [0.2, 0.25) is 0 Å². The number of rotatable bonds is 16. The number of benzene rings is 2. The molecule has 1 aliphatic heterocycles. The van der Waals surface area contributed by atoms with Gasteiger partial charge in [-0.3, -0.25) is 0 Å². The van der Waals surface area contributed by atoms with E-state index < -0.39 is 30.4 Å². The number of ether oxygens (including phenoxy) is 6. The van der Waals surface area contributed by atoms with E-state index in [1.54, 1.807) is 13.8 Å². The van der Waals surface area contributed by atoms with E-state index in [1.165, 1.54) is 0 Å². The highest BCUT2D eigenvalue weighted by Crippen LogP contribution is 2.34. The van der Waals surface area contributed by atoms with Crippen LogP contribution in [-0.2, 0) is 33.3 Å². The molecule has 0 radical (unpaired) electrons. The van der Waals surface area contributed by atoms with Gasteiger partial charge in [-0.25, -0.2) is 9.59 Å². The number of esters is 2. The lowest BCUT2D eigenvalue weighted by molar-refractivity contribution is -0.163. The van der Waals surface area contributed by atoms with Crippen LogP contribution in [0.15, 0.2) is 60.7 Å². The topological polar surface area (TPSA) is 89.5 Å². The van der Waals surface area contributed by atoms with Gasteiger partial charge >= 0.3 is 11.9 Å². The van der Waals surface area contributed by atoms with E-state index in [0.29, 0.717) is 18.8 Å². The average molecular weight is 541 g/mol. The van der Waals surface area contributed by atoms with E-state index >= 15 is 0 Å². The highest BCUT2D eigenvalue weighted by molar-refractivity contribution is 5.86. The van der Waals surface area contributed by atoms with Gasteiger partial charge in [0.1, 0.15) is 5.75 Å². The number of hydrogen-bond donors (Lipinski definition) is 0. The minimum Gasteiger partial charge on any atom is -0.494 e. The van der Waals surface area contributed by atoms with Crippen LogP contribution >= 0.6 is 0 Å². The van der Waals surface area contributed by atoms with Crippen LogP contribution in [0.2, 0.25) is 0 Å². The standard InChI is InChI=1S/C31H40O8/c1-5-35-29(32)27-28(30(33)36-6-2)39-31(38-27)25-13-11-23(12-14-25)24-15-17-26(18-16-24)37-20-10-8-7-9-19-34-21-22(3)4/h11-18,27-28,31H,3,5-10,19-21H2,1-2,4H3/t27-,28-/m1/s1. The molecule has 8 nitrogen and oxygen atoms in total. The number of unbranched alkanes of at least 4 members (excludes halogenated alkanes) is 3. The van der Waals surface area contributed by atoms with Crippen molar-refractivity contribution in [2.45, 2.75) is 65.0 Å². The highest BCUT2D eigenvalue weighted by Gasteiger charge is 2.47. The Labute approximate surface area is 231 Å². The van der Waals surface area contributed by atoms with Crippen LogP contribution in [0, 0.1) is 0 Å². The van der Waals surface area contributed by atoms with Crippen LogP contribution < -0.4 is 4.74 Å². The fourth-order valence-electron chi connectivity index (χ4n) is 4.08. The van der Waals surface area contributed by atoms with E-state index in [-0.39, 0.29) is 13.2 Å². The largest absolute Gasteiger partial charge is 0.494 e. The van der Waals surface area contributed by atoms with Crippen LogP contribution in [-0.4, -0.2) is 57.2 Å². The maximum atomic E-state index is 12.3. The predicted molar refractivity (Wildman–Crippen MR) is 147 cm³/mol. The van der Waals surface area contributed by atoms with Gasteiger partial charge in [0.25, 0.3) is 0 Å². The fourth-order valence-corrected chi connectivity index (χ4v) is 4.08. The van der Waals surface area contributed by atoms with Crippen LogP contribution in [0.25, 0.3) is 11.1 Å². The van der Waals surface area contributed by atoms with E-state index in [1.807, 2.05) is 55.5 Å². The van der Waals surface area contributed by atoms with Gasteiger partial charge in [-0.05, 0) is 63.3 Å². The molecule has 212 valence electrons. The first-order valence-electron chi connectivity index (χ1n) is 13.6. The molecular formula is C31H40O8. The highest BCUT2D eigenvalue weighted by atomic mass is 16.8. The van der Waals surface area contributed by atoms with Crippen molar-refractivity contribution in [1.82, 2.24) is 0 Å². The summed E-state index contributed by atoms with van der Waals surface area (Å²) in [6.07, 6.45) is 1.04. The van der Waals surface area contributed by atoms with Crippen molar-refractivity contribution in [3.63, 3.8) is 0 Å². The van der Waals surface area contributed by atoms with E-state index in [2.05, 4.69) is 6.58 Å². The van der Waals surface area contributed by atoms with Gasteiger partial charge in [-0.15, -0.1) is 0 Å². The molecule has 0 aliphatic carbocycles. The maximum absolute atomic E-state index is 12.3. The van der Waals surface area contributed by atoms with Gasteiger partial charge in [-0.1, -0.05) is 55.0 Å². The molecule has 0 spiro atoms. The van der Waals surface area contributed by atoms with Crippen molar-refractivity contribution in [2.24, 2.45) is 0 Å². The molecule has 1 saturated heterocycles. The van der Waals surface area contributed by atoms with Crippen molar-refractivity contribution in [2.75, 3.05) is 33.0 Å². The lowest BCUT2D eigenvalue weighted by Gasteiger charge is -2.13. The second-order valence-electron chi connectivity index (χ2n) is 9.37. The SMILES string of the molecule is C=C(C)COCCCCCCOc1ccc(-c2ccc(C3O[C@@H](C(=O)OCC)[C@H](C(=O)OCC)O3)cc2)cc1. The van der Waals surface area contributed by atoms with Crippen molar-refractivity contribution >= 4 is 11.9 Å². The molecule has 2 aromatic carbocycles. The summed E-state index contributed by atoms with van der Waals surface area (Å²) in [5.41, 5.74) is 3.77. The zero-order valence-corrected chi connectivity index (χ0v) is 23.2. The molecule has 1 aliphatic rings. The molecule has 2 aromatic rings. The summed E-state index contributed by atoms with van der Waals surface area (Å²) in [6.45, 7) is 11.6. The van der Waals surface area contributed by atoms with Crippen molar-refractivity contribution < 1.29 is 38.0 Å². The Morgan fingerprint density at radius 3 is 1.79 bits per heavy atom. The molecule has 0 N–H and O–H groups in total. The Kier molecular flexibility index (Phi) is 12.5. The van der Waals surface area contributed by atoms with Crippen molar-refractivity contribution in [3.8, 4) is 16.9 Å². The molecule has 3 rings (SSSR count). The molecule has 8 heteroatoms. The normalized spacial score (nSPS) is 17.1. The molecule has 1 heterocycles. The summed E-state index contributed by atoms with van der Waals surface area (Å²) in [5, 5.41) is 0. The number of carbonyl (C=O) groups excluding carboxylic acids is 2. The third-order valence-electron chi connectivity index (χ3n) is 6.02. The van der Waals surface area contributed by atoms with Crippen molar-refractivity contribution in [3.05, 3.63) is 66.2 Å². The molecular weight excluding hydrogens is 500 g/mol. The number of hydrogen-bond acceptors (Lipinski definition) is 8. The zero-order valence-electron chi connectivity index (χ0n) is 23.2. The summed E-state index contributed by atoms with van der Waals surface area (Å²) in [5.74, 6) is -0.468. The first-order valence-corrected chi connectivity index (χ1v) is 13.6. The number of carbonyl (C=O) groups is 2. The monoisotopic (exact) mass is 540 g/mol. The second kappa shape index (κ2) is 16.0. The van der Waals surface area contributed by atoms with Gasteiger partial charge < -0.3 is 28.4 Å². The Balaban J connectivity index is 1.48. The minimum atomic E-state index is -1.18. The van der Waals surface area contributed by atoms with E-state index in [9.17, 15) is 9.59 Å². The lowest BCUT2D eigenvalue weighted by Crippen LogP contribution is -2.39. The van der Waals surface area contributed by atoms with Crippen LogP contribution in [0.4, 0.5) is 0 Å². The first kappa shape index (κ1) is 30.3. The second-order valence-corrected chi connectivity index (χ2v) is 9.37. The van der Waals surface area contributed by atoms with Crippen LogP contribution in [0.5, 0.6) is 5.75 Å². The van der Waals surface area contributed by atoms with Gasteiger partial charge in [0, 0.05) is 12.2 Å². The molecule has 0 bridgehead atoms. The smallest absolute Gasteiger partial charge is 0.338 e. The molecule has 0 amide bonds. The molecule has 0 unspecified atom stereocenters. The third kappa shape index (κ3) is 9.49. The summed E-state index contributed by atoms with van der Waals surface area (Å²) in [4.78, 5) is 24.6. The van der Waals surface area contributed by atoms with Gasteiger partial charge in [0.15, 0.2) is 18.5 Å². The molecule has 39 heavy (non-hydrogen) atoms. The van der Waals surface area contributed by atoms with Gasteiger partial charge in [-0.2, -0.15) is 0 Å². The Hall–Kier alpha value is -3.20. The van der Waals surface area contributed by atoms with E-state index in [4.69, 9.17) is 28.4 Å². The summed E-state index contributed by atoms with van der Waals surface area (Å²) in [6, 6.07) is 15.5. The third-order valence-corrected chi connectivity index (χ3v) is 6.02. The molecule has 2 atom stereocenters. The first-order chi connectivity index (χ1) is 18.9. The lowest BCUT2D eigenvalue weighted by atomic mass is 10.0. The summed E-state index contributed by atoms with van der Waals surface area (Å²) in [7, 11) is 0. The van der Waals surface area contributed by atoms with Crippen LogP contribution in [0.1, 0.15) is 58.3 Å². The molecule has 0 saturated carbocycles. The van der Waals surface area contributed by atoms with Crippen LogP contribution in [0.3, 0.4) is 0 Å². The summed E-state index contributed by atoms with van der Waals surface area (Å²) < 4.78 is 33.0. The van der Waals surface area contributed by atoms with Crippen molar-refractivity contribution in [1.29, 1.82) is 0 Å². The average Bonchev–Trinajstić information content (AvgIpc) is 3.39. The fraction of sp³-hybridized carbons (Fsp3) is 0.484. The minimum absolute atomic E-state index is 0.170. The van der Waals surface area contributed by atoms with Gasteiger partial charge in [0.05, 0.1) is 26.4 Å². The quantitative estimate of drug-likeness (QED) is 0.150. The summed E-state index contributed by atoms with van der Waals surface area (Å²) >= 11 is 0. The zero-order chi connectivity index (χ0) is 28.0. The Bertz CT molecular complexity index is 1020. The molecule has 0 aromatic heterocycles.